The van der Waals surface area contributed by atoms with Crippen LogP contribution in [0.5, 0.6) is 0 Å². The summed E-state index contributed by atoms with van der Waals surface area (Å²) in [6.45, 7) is 2.11. The quantitative estimate of drug-likeness (QED) is 0.602. The fourth-order valence-corrected chi connectivity index (χ4v) is 2.53. The summed E-state index contributed by atoms with van der Waals surface area (Å²) >= 11 is 0. The van der Waals surface area contributed by atoms with E-state index < -0.39 is 0 Å². The average Bonchev–Trinajstić information content (AvgIpc) is 2.97. The standard InChI is InChI=1S/C17H15N5/c1-2-13-8-12-9-14(6-5-11(12)10-19-13)20-17-16-15(21-22-17)4-3-7-18-16/h3-10H,2H2,1H3,(H2,20,21,22). The Bertz CT molecular complexity index is 958. The average molecular weight is 289 g/mol. The number of aryl methyl sites for hydroxylation is 1. The van der Waals surface area contributed by atoms with Gasteiger partial charge in [-0.25, -0.2) is 0 Å². The highest BCUT2D eigenvalue weighted by Gasteiger charge is 2.07. The maximum atomic E-state index is 4.42. The van der Waals surface area contributed by atoms with Crippen LogP contribution in [-0.4, -0.2) is 20.2 Å². The first-order valence-electron chi connectivity index (χ1n) is 7.28. The van der Waals surface area contributed by atoms with Gasteiger partial charge in [-0.2, -0.15) is 5.10 Å². The van der Waals surface area contributed by atoms with Crippen LogP contribution in [0.2, 0.25) is 0 Å². The number of anilines is 2. The number of pyridine rings is 2. The molecule has 1 aromatic carbocycles. The van der Waals surface area contributed by atoms with Gasteiger partial charge in [0.1, 0.15) is 5.52 Å². The van der Waals surface area contributed by atoms with Gasteiger partial charge in [0.25, 0.3) is 0 Å². The summed E-state index contributed by atoms with van der Waals surface area (Å²) in [5.41, 5.74) is 3.84. The lowest BCUT2D eigenvalue weighted by Gasteiger charge is -2.06. The normalized spacial score (nSPS) is 11.1. The van der Waals surface area contributed by atoms with Crippen molar-refractivity contribution in [2.45, 2.75) is 13.3 Å². The molecule has 0 aliphatic rings. The van der Waals surface area contributed by atoms with E-state index in [1.807, 2.05) is 24.4 Å². The van der Waals surface area contributed by atoms with Gasteiger partial charge in [0.2, 0.25) is 0 Å². The molecule has 108 valence electrons. The molecule has 0 radical (unpaired) electrons. The second kappa shape index (κ2) is 5.11. The topological polar surface area (TPSA) is 66.5 Å². The van der Waals surface area contributed by atoms with Gasteiger partial charge in [-0.3, -0.25) is 15.1 Å². The number of H-pyrrole nitrogens is 1. The van der Waals surface area contributed by atoms with E-state index in [2.05, 4.69) is 50.6 Å². The van der Waals surface area contributed by atoms with Gasteiger partial charge in [0.15, 0.2) is 5.82 Å². The Balaban J connectivity index is 1.74. The minimum absolute atomic E-state index is 0.736. The first-order valence-corrected chi connectivity index (χ1v) is 7.28. The number of rotatable bonds is 3. The molecule has 0 unspecified atom stereocenters. The Morgan fingerprint density at radius 1 is 1.09 bits per heavy atom. The van der Waals surface area contributed by atoms with Crippen molar-refractivity contribution in [3.63, 3.8) is 0 Å². The fourth-order valence-electron chi connectivity index (χ4n) is 2.53. The fraction of sp³-hybridized carbons (Fsp3) is 0.118. The number of nitrogens with zero attached hydrogens (tertiary/aromatic N) is 3. The number of aromatic nitrogens is 4. The number of nitrogens with one attached hydrogen (secondary N) is 2. The summed E-state index contributed by atoms with van der Waals surface area (Å²) < 4.78 is 0. The van der Waals surface area contributed by atoms with Crippen LogP contribution in [-0.2, 0) is 6.42 Å². The van der Waals surface area contributed by atoms with Crippen molar-refractivity contribution in [3.05, 3.63) is 54.5 Å². The van der Waals surface area contributed by atoms with Gasteiger partial charge in [-0.05, 0) is 42.1 Å². The van der Waals surface area contributed by atoms with Crippen molar-refractivity contribution in [3.8, 4) is 0 Å². The molecular formula is C17H15N5. The molecule has 3 heterocycles. The molecule has 0 spiro atoms. The first kappa shape index (κ1) is 12.8. The highest BCUT2D eigenvalue weighted by Crippen LogP contribution is 2.25. The van der Waals surface area contributed by atoms with E-state index in [0.29, 0.717) is 0 Å². The van der Waals surface area contributed by atoms with Gasteiger partial charge >= 0.3 is 0 Å². The van der Waals surface area contributed by atoms with Gasteiger partial charge in [0.05, 0.1) is 5.52 Å². The van der Waals surface area contributed by atoms with Crippen molar-refractivity contribution < 1.29 is 0 Å². The van der Waals surface area contributed by atoms with Gasteiger partial charge < -0.3 is 5.32 Å². The molecule has 5 heteroatoms. The van der Waals surface area contributed by atoms with Crippen LogP contribution < -0.4 is 5.32 Å². The summed E-state index contributed by atoms with van der Waals surface area (Å²) in [7, 11) is 0. The third kappa shape index (κ3) is 2.16. The van der Waals surface area contributed by atoms with E-state index in [1.54, 1.807) is 6.20 Å². The summed E-state index contributed by atoms with van der Waals surface area (Å²) in [6, 6.07) is 12.2. The largest absolute Gasteiger partial charge is 0.337 e. The monoisotopic (exact) mass is 289 g/mol. The summed E-state index contributed by atoms with van der Waals surface area (Å²) in [4.78, 5) is 8.78. The maximum absolute atomic E-state index is 4.42. The Labute approximate surface area is 127 Å². The first-order chi connectivity index (χ1) is 10.8. The number of fused-ring (bicyclic) bond motifs is 2. The van der Waals surface area contributed by atoms with E-state index in [9.17, 15) is 0 Å². The van der Waals surface area contributed by atoms with Crippen LogP contribution in [0.1, 0.15) is 12.6 Å². The molecule has 4 rings (SSSR count). The number of hydrogen-bond donors (Lipinski definition) is 2. The molecule has 0 bridgehead atoms. The minimum Gasteiger partial charge on any atom is -0.337 e. The van der Waals surface area contributed by atoms with Crippen LogP contribution in [0.25, 0.3) is 21.8 Å². The molecule has 5 nitrogen and oxygen atoms in total. The van der Waals surface area contributed by atoms with Crippen molar-refractivity contribution in [2.24, 2.45) is 0 Å². The molecule has 0 saturated heterocycles. The third-order valence-corrected chi connectivity index (χ3v) is 3.72. The zero-order valence-corrected chi connectivity index (χ0v) is 12.2. The molecule has 2 N–H and O–H groups in total. The summed E-state index contributed by atoms with van der Waals surface area (Å²) in [5.74, 6) is 0.736. The highest BCUT2D eigenvalue weighted by atomic mass is 15.2. The molecule has 0 fully saturated rings. The van der Waals surface area contributed by atoms with Crippen molar-refractivity contribution >= 4 is 33.3 Å². The summed E-state index contributed by atoms with van der Waals surface area (Å²) in [5, 5.41) is 12.9. The second-order valence-electron chi connectivity index (χ2n) is 5.19. The predicted molar refractivity (Wildman–Crippen MR) is 88.3 cm³/mol. The summed E-state index contributed by atoms with van der Waals surface area (Å²) in [6.07, 6.45) is 4.62. The molecule has 0 aliphatic heterocycles. The molecule has 0 saturated carbocycles. The Hall–Kier alpha value is -2.95. The number of aromatic amines is 1. The zero-order chi connectivity index (χ0) is 14.9. The molecule has 0 amide bonds. The lowest BCUT2D eigenvalue weighted by Crippen LogP contribution is -1.93. The van der Waals surface area contributed by atoms with Crippen LogP contribution in [0, 0.1) is 0 Å². The molecule has 0 aliphatic carbocycles. The predicted octanol–water partition coefficient (Wildman–Crippen LogP) is 3.81. The number of hydrogen-bond acceptors (Lipinski definition) is 4. The third-order valence-electron chi connectivity index (χ3n) is 3.72. The van der Waals surface area contributed by atoms with Crippen molar-refractivity contribution in [1.82, 2.24) is 20.2 Å². The lowest BCUT2D eigenvalue weighted by molar-refractivity contribution is 1.05. The Morgan fingerprint density at radius 3 is 2.95 bits per heavy atom. The van der Waals surface area contributed by atoms with Gasteiger partial charge in [0, 0.05) is 29.2 Å². The van der Waals surface area contributed by atoms with Gasteiger partial charge in [-0.1, -0.05) is 13.0 Å². The second-order valence-corrected chi connectivity index (χ2v) is 5.19. The Kier molecular flexibility index (Phi) is 2.96. The van der Waals surface area contributed by atoms with E-state index >= 15 is 0 Å². The maximum Gasteiger partial charge on any atom is 0.178 e. The van der Waals surface area contributed by atoms with E-state index in [4.69, 9.17) is 0 Å². The minimum atomic E-state index is 0.736. The van der Waals surface area contributed by atoms with Crippen molar-refractivity contribution in [1.29, 1.82) is 0 Å². The molecule has 0 atom stereocenters. The van der Waals surface area contributed by atoms with E-state index in [1.165, 1.54) is 5.39 Å². The van der Waals surface area contributed by atoms with Crippen LogP contribution in [0.15, 0.2) is 48.8 Å². The Morgan fingerprint density at radius 2 is 2.05 bits per heavy atom. The SMILES string of the molecule is CCc1cc2cc(Nc3n[nH]c4cccnc34)ccc2cn1. The smallest absolute Gasteiger partial charge is 0.178 e. The zero-order valence-electron chi connectivity index (χ0n) is 12.2. The van der Waals surface area contributed by atoms with E-state index in [-0.39, 0.29) is 0 Å². The van der Waals surface area contributed by atoms with Crippen molar-refractivity contribution in [2.75, 3.05) is 5.32 Å². The highest BCUT2D eigenvalue weighted by molar-refractivity contribution is 5.90. The molecule has 3 aromatic heterocycles. The molecular weight excluding hydrogens is 274 g/mol. The number of benzene rings is 1. The van der Waals surface area contributed by atoms with Crippen LogP contribution >= 0.6 is 0 Å². The van der Waals surface area contributed by atoms with E-state index in [0.717, 1.165) is 40.0 Å². The van der Waals surface area contributed by atoms with Crippen LogP contribution in [0.4, 0.5) is 11.5 Å². The molecule has 4 aromatic rings. The molecule has 22 heavy (non-hydrogen) atoms. The van der Waals surface area contributed by atoms with Gasteiger partial charge in [-0.15, -0.1) is 0 Å². The lowest BCUT2D eigenvalue weighted by atomic mass is 10.1. The van der Waals surface area contributed by atoms with Crippen LogP contribution in [0.3, 0.4) is 0 Å².